The highest BCUT2D eigenvalue weighted by Crippen LogP contribution is 2.10. The highest BCUT2D eigenvalue weighted by molar-refractivity contribution is 6.00. The van der Waals surface area contributed by atoms with Crippen LogP contribution in [0.1, 0.15) is 24.5 Å². The van der Waals surface area contributed by atoms with Crippen LogP contribution < -0.4 is 5.32 Å². The van der Waals surface area contributed by atoms with Crippen LogP contribution in [0.25, 0.3) is 6.08 Å². The van der Waals surface area contributed by atoms with Crippen LogP contribution in [0.3, 0.4) is 0 Å². The summed E-state index contributed by atoms with van der Waals surface area (Å²) in [7, 11) is 0. The van der Waals surface area contributed by atoms with Crippen LogP contribution in [-0.2, 0) is 16.0 Å². The summed E-state index contributed by atoms with van der Waals surface area (Å²) in [4.78, 5) is 26.2. The highest BCUT2D eigenvalue weighted by atomic mass is 16.2. The lowest BCUT2D eigenvalue weighted by atomic mass is 10.1. The van der Waals surface area contributed by atoms with Gasteiger partial charge < -0.3 is 10.2 Å². The van der Waals surface area contributed by atoms with Gasteiger partial charge in [0.1, 0.15) is 5.70 Å². The van der Waals surface area contributed by atoms with Gasteiger partial charge in [-0.2, -0.15) is 5.26 Å². The van der Waals surface area contributed by atoms with Crippen LogP contribution in [-0.4, -0.2) is 29.8 Å². The first-order valence-corrected chi connectivity index (χ1v) is 8.84. The number of carbonyl (C=O) groups is 2. The average Bonchev–Trinajstić information content (AvgIpc) is 2.68. The molecule has 0 spiro atoms. The fourth-order valence-corrected chi connectivity index (χ4v) is 2.64. The van der Waals surface area contributed by atoms with Crippen molar-refractivity contribution in [3.63, 3.8) is 0 Å². The average molecular weight is 361 g/mol. The van der Waals surface area contributed by atoms with Crippen molar-refractivity contribution in [1.82, 2.24) is 10.2 Å². The molecule has 1 N–H and O–H groups in total. The van der Waals surface area contributed by atoms with Crippen molar-refractivity contribution in [2.75, 3.05) is 13.1 Å². The van der Waals surface area contributed by atoms with Gasteiger partial charge in [0, 0.05) is 20.0 Å². The minimum absolute atomic E-state index is 0.208. The zero-order chi connectivity index (χ0) is 19.5. The first kappa shape index (κ1) is 19.9. The predicted octanol–water partition coefficient (Wildman–Crippen LogP) is 3.15. The van der Waals surface area contributed by atoms with E-state index < -0.39 is 0 Å². The molecule has 0 aromatic heterocycles. The fraction of sp³-hybridized carbons (Fsp3) is 0.227. The Morgan fingerprint density at radius 1 is 1.04 bits per heavy atom. The van der Waals surface area contributed by atoms with Crippen LogP contribution in [0.2, 0.25) is 0 Å². The zero-order valence-electron chi connectivity index (χ0n) is 15.4. The monoisotopic (exact) mass is 361 g/mol. The second-order valence-electron chi connectivity index (χ2n) is 6.09. The van der Waals surface area contributed by atoms with Crippen molar-refractivity contribution in [2.45, 2.75) is 19.8 Å². The van der Waals surface area contributed by atoms with E-state index in [0.29, 0.717) is 19.5 Å². The van der Waals surface area contributed by atoms with E-state index in [9.17, 15) is 9.59 Å². The number of nitrogens with one attached hydrogen (secondary N) is 1. The standard InChI is InChI=1S/C22H23N3O2/c1-18(26)24-21(17-20-11-6-3-7-12-20)22(27)25(15-8-14-23)16-13-19-9-4-2-5-10-19/h2-7,9-12,17H,8,13,15-16H2,1H3,(H,24,26)/b21-17+. The number of carbonyl (C=O) groups excluding carboxylic acids is 2. The van der Waals surface area contributed by atoms with E-state index in [4.69, 9.17) is 5.26 Å². The summed E-state index contributed by atoms with van der Waals surface area (Å²) in [6, 6.07) is 21.3. The van der Waals surface area contributed by atoms with Gasteiger partial charge in [0.05, 0.1) is 12.5 Å². The summed E-state index contributed by atoms with van der Waals surface area (Å²) in [6.45, 7) is 2.15. The topological polar surface area (TPSA) is 73.2 Å². The third kappa shape index (κ3) is 6.79. The second kappa shape index (κ2) is 10.6. The maximum Gasteiger partial charge on any atom is 0.270 e. The predicted molar refractivity (Wildman–Crippen MR) is 105 cm³/mol. The minimum atomic E-state index is -0.311. The molecule has 0 unspecified atom stereocenters. The van der Waals surface area contributed by atoms with Crippen LogP contribution in [0.5, 0.6) is 0 Å². The van der Waals surface area contributed by atoms with Crippen molar-refractivity contribution >= 4 is 17.9 Å². The maximum atomic E-state index is 13.0. The quantitative estimate of drug-likeness (QED) is 0.734. The van der Waals surface area contributed by atoms with Crippen molar-refractivity contribution in [2.24, 2.45) is 0 Å². The van der Waals surface area contributed by atoms with Gasteiger partial charge >= 0.3 is 0 Å². The van der Waals surface area contributed by atoms with E-state index in [0.717, 1.165) is 11.1 Å². The molecular formula is C22H23N3O2. The summed E-state index contributed by atoms with van der Waals surface area (Å²) >= 11 is 0. The fourth-order valence-electron chi connectivity index (χ4n) is 2.64. The van der Waals surface area contributed by atoms with E-state index in [2.05, 4.69) is 11.4 Å². The van der Waals surface area contributed by atoms with E-state index in [-0.39, 0.29) is 23.9 Å². The molecule has 0 bridgehead atoms. The molecule has 0 aliphatic heterocycles. The zero-order valence-corrected chi connectivity index (χ0v) is 15.4. The highest BCUT2D eigenvalue weighted by Gasteiger charge is 2.19. The lowest BCUT2D eigenvalue weighted by Gasteiger charge is -2.23. The van der Waals surface area contributed by atoms with Crippen molar-refractivity contribution < 1.29 is 9.59 Å². The summed E-state index contributed by atoms with van der Waals surface area (Å²) in [5, 5.41) is 11.6. The Hall–Kier alpha value is -3.39. The molecule has 0 fully saturated rings. The molecular weight excluding hydrogens is 338 g/mol. The van der Waals surface area contributed by atoms with Crippen molar-refractivity contribution in [3.05, 3.63) is 77.5 Å². The van der Waals surface area contributed by atoms with Gasteiger partial charge in [0.2, 0.25) is 5.91 Å². The van der Waals surface area contributed by atoms with E-state index in [1.54, 1.807) is 11.0 Å². The molecule has 0 saturated heterocycles. The molecule has 2 amide bonds. The van der Waals surface area contributed by atoms with Gasteiger partial charge in [-0.05, 0) is 23.6 Å². The molecule has 0 aliphatic carbocycles. The van der Waals surface area contributed by atoms with Gasteiger partial charge in [-0.3, -0.25) is 9.59 Å². The Balaban J connectivity index is 2.21. The number of nitrogens with zero attached hydrogens (tertiary/aromatic N) is 2. The number of hydrogen-bond acceptors (Lipinski definition) is 3. The largest absolute Gasteiger partial charge is 0.336 e. The Kier molecular flexibility index (Phi) is 7.80. The molecule has 0 atom stereocenters. The molecule has 0 aliphatic rings. The smallest absolute Gasteiger partial charge is 0.270 e. The van der Waals surface area contributed by atoms with E-state index in [1.165, 1.54) is 6.92 Å². The van der Waals surface area contributed by atoms with Crippen molar-refractivity contribution in [3.8, 4) is 6.07 Å². The summed E-state index contributed by atoms with van der Waals surface area (Å²) in [6.07, 6.45) is 2.57. The normalized spacial score (nSPS) is 10.7. The summed E-state index contributed by atoms with van der Waals surface area (Å²) in [5.41, 5.74) is 2.14. The maximum absolute atomic E-state index is 13.0. The number of amides is 2. The summed E-state index contributed by atoms with van der Waals surface area (Å²) < 4.78 is 0. The minimum Gasteiger partial charge on any atom is -0.336 e. The molecule has 5 nitrogen and oxygen atoms in total. The Morgan fingerprint density at radius 3 is 2.26 bits per heavy atom. The van der Waals surface area contributed by atoms with Crippen LogP contribution in [0, 0.1) is 11.3 Å². The van der Waals surface area contributed by atoms with Crippen LogP contribution in [0.4, 0.5) is 0 Å². The lowest BCUT2D eigenvalue weighted by molar-refractivity contribution is -0.129. The molecule has 2 aromatic carbocycles. The molecule has 2 rings (SSSR count). The first-order valence-electron chi connectivity index (χ1n) is 8.84. The molecule has 27 heavy (non-hydrogen) atoms. The number of nitriles is 1. The van der Waals surface area contributed by atoms with Crippen molar-refractivity contribution in [1.29, 1.82) is 5.26 Å². The number of rotatable bonds is 8. The Bertz CT molecular complexity index is 824. The van der Waals surface area contributed by atoms with Gasteiger partial charge in [-0.25, -0.2) is 0 Å². The second-order valence-corrected chi connectivity index (χ2v) is 6.09. The third-order valence-electron chi connectivity index (χ3n) is 3.95. The van der Waals surface area contributed by atoms with Crippen LogP contribution >= 0.6 is 0 Å². The number of benzene rings is 2. The first-order chi connectivity index (χ1) is 13.1. The molecule has 5 heteroatoms. The van der Waals surface area contributed by atoms with Gasteiger partial charge in [-0.15, -0.1) is 0 Å². The molecule has 0 heterocycles. The number of hydrogen-bond donors (Lipinski definition) is 1. The SMILES string of the molecule is CC(=O)N/C(=C/c1ccccc1)C(=O)N(CCC#N)CCc1ccccc1. The van der Waals surface area contributed by atoms with Gasteiger partial charge in [0.15, 0.2) is 0 Å². The molecule has 0 saturated carbocycles. The molecule has 2 aromatic rings. The Morgan fingerprint density at radius 2 is 1.67 bits per heavy atom. The van der Waals surface area contributed by atoms with E-state index >= 15 is 0 Å². The van der Waals surface area contributed by atoms with E-state index in [1.807, 2.05) is 60.7 Å². The Labute approximate surface area is 159 Å². The lowest BCUT2D eigenvalue weighted by Crippen LogP contribution is -2.39. The third-order valence-corrected chi connectivity index (χ3v) is 3.95. The van der Waals surface area contributed by atoms with Gasteiger partial charge in [-0.1, -0.05) is 60.7 Å². The van der Waals surface area contributed by atoms with Gasteiger partial charge in [0.25, 0.3) is 5.91 Å². The van der Waals surface area contributed by atoms with Crippen LogP contribution in [0.15, 0.2) is 66.4 Å². The molecule has 138 valence electrons. The summed E-state index contributed by atoms with van der Waals surface area (Å²) in [5.74, 6) is -0.603. The molecule has 0 radical (unpaired) electrons.